The Morgan fingerprint density at radius 1 is 1.24 bits per heavy atom. The summed E-state index contributed by atoms with van der Waals surface area (Å²) in [6.07, 6.45) is 6.70. The number of rotatable bonds is 7. The Morgan fingerprint density at radius 2 is 2.00 bits per heavy atom. The SMILES string of the molecule is CCCCCNC(=NCC(=O)N(C)C)NC1CCc2ccccc2C1. The van der Waals surface area contributed by atoms with Gasteiger partial charge in [-0.1, -0.05) is 44.0 Å². The van der Waals surface area contributed by atoms with Crippen molar-refractivity contribution >= 4 is 11.9 Å². The molecule has 1 unspecified atom stereocenters. The number of unbranched alkanes of at least 4 members (excludes halogenated alkanes) is 2. The average Bonchev–Trinajstić information content (AvgIpc) is 2.62. The van der Waals surface area contributed by atoms with Gasteiger partial charge in [-0.05, 0) is 36.8 Å². The molecule has 0 aromatic heterocycles. The van der Waals surface area contributed by atoms with Crippen LogP contribution in [-0.4, -0.2) is 50.0 Å². The Balaban J connectivity index is 1.95. The molecule has 2 N–H and O–H groups in total. The highest BCUT2D eigenvalue weighted by Gasteiger charge is 2.19. The van der Waals surface area contributed by atoms with Crippen LogP contribution in [0.3, 0.4) is 0 Å². The standard InChI is InChI=1S/C20H32N4O/c1-4-5-8-13-21-20(22-15-19(25)24(2)3)23-18-12-11-16-9-6-7-10-17(16)14-18/h6-7,9-10,18H,4-5,8,11-15H2,1-3H3,(H2,21,22,23). The zero-order chi connectivity index (χ0) is 18.1. The molecule has 0 saturated heterocycles. The monoisotopic (exact) mass is 344 g/mol. The lowest BCUT2D eigenvalue weighted by molar-refractivity contribution is -0.127. The number of carbonyl (C=O) groups is 1. The van der Waals surface area contributed by atoms with Gasteiger partial charge < -0.3 is 15.5 Å². The lowest BCUT2D eigenvalue weighted by Gasteiger charge is -2.27. The molecule has 138 valence electrons. The zero-order valence-electron chi connectivity index (χ0n) is 15.8. The molecule has 5 heteroatoms. The van der Waals surface area contributed by atoms with E-state index in [0.717, 1.165) is 38.2 Å². The van der Waals surface area contributed by atoms with Crippen molar-refractivity contribution in [2.75, 3.05) is 27.2 Å². The minimum atomic E-state index is 0.0173. The van der Waals surface area contributed by atoms with E-state index in [1.807, 2.05) is 0 Å². The molecular formula is C20H32N4O. The number of hydrogen-bond acceptors (Lipinski definition) is 2. The highest BCUT2D eigenvalue weighted by molar-refractivity contribution is 5.85. The Bertz CT molecular complexity index is 583. The predicted octanol–water partition coefficient (Wildman–Crippen LogP) is 2.36. The number of aliphatic imine (C=N–C) groups is 1. The first-order chi connectivity index (χ1) is 12.1. The highest BCUT2D eigenvalue weighted by atomic mass is 16.2. The summed E-state index contributed by atoms with van der Waals surface area (Å²) in [5.74, 6) is 0.777. The van der Waals surface area contributed by atoms with Crippen LogP contribution >= 0.6 is 0 Å². The summed E-state index contributed by atoms with van der Waals surface area (Å²) in [6, 6.07) is 9.02. The topological polar surface area (TPSA) is 56.7 Å². The highest BCUT2D eigenvalue weighted by Crippen LogP contribution is 2.20. The second kappa shape index (κ2) is 10.1. The van der Waals surface area contributed by atoms with Crippen molar-refractivity contribution in [3.05, 3.63) is 35.4 Å². The van der Waals surface area contributed by atoms with Gasteiger partial charge in [-0.2, -0.15) is 0 Å². The molecular weight excluding hydrogens is 312 g/mol. The van der Waals surface area contributed by atoms with Crippen LogP contribution in [0.4, 0.5) is 0 Å². The van der Waals surface area contributed by atoms with Crippen molar-refractivity contribution in [1.29, 1.82) is 0 Å². The quantitative estimate of drug-likeness (QED) is 0.453. The molecule has 5 nitrogen and oxygen atoms in total. The molecule has 0 radical (unpaired) electrons. The summed E-state index contributed by atoms with van der Waals surface area (Å²) in [7, 11) is 3.52. The van der Waals surface area contributed by atoms with Gasteiger partial charge in [0, 0.05) is 26.7 Å². The third-order valence-electron chi connectivity index (χ3n) is 4.63. The van der Waals surface area contributed by atoms with Gasteiger partial charge in [0.2, 0.25) is 5.91 Å². The molecule has 0 saturated carbocycles. The molecule has 1 aliphatic rings. The lowest BCUT2D eigenvalue weighted by atomic mass is 9.88. The minimum absolute atomic E-state index is 0.0173. The number of benzene rings is 1. The number of fused-ring (bicyclic) bond motifs is 1. The van der Waals surface area contributed by atoms with E-state index in [1.54, 1.807) is 19.0 Å². The van der Waals surface area contributed by atoms with Crippen LogP contribution in [0.25, 0.3) is 0 Å². The molecule has 0 spiro atoms. The molecule has 1 aromatic rings. The maximum Gasteiger partial charge on any atom is 0.243 e. The molecule has 1 amide bonds. The number of nitrogens with one attached hydrogen (secondary N) is 2. The molecule has 0 bridgehead atoms. The molecule has 25 heavy (non-hydrogen) atoms. The minimum Gasteiger partial charge on any atom is -0.356 e. The van der Waals surface area contributed by atoms with Crippen LogP contribution in [0.5, 0.6) is 0 Å². The third-order valence-corrected chi connectivity index (χ3v) is 4.63. The van der Waals surface area contributed by atoms with Gasteiger partial charge >= 0.3 is 0 Å². The van der Waals surface area contributed by atoms with E-state index in [0.29, 0.717) is 6.04 Å². The lowest BCUT2D eigenvalue weighted by Crippen LogP contribution is -2.46. The molecule has 2 rings (SSSR count). The van der Waals surface area contributed by atoms with E-state index in [2.05, 4.69) is 46.8 Å². The Hall–Kier alpha value is -2.04. The second-order valence-electron chi connectivity index (χ2n) is 6.94. The number of amides is 1. The van der Waals surface area contributed by atoms with E-state index in [-0.39, 0.29) is 12.5 Å². The van der Waals surface area contributed by atoms with Gasteiger partial charge in [0.25, 0.3) is 0 Å². The van der Waals surface area contributed by atoms with Gasteiger partial charge in [-0.15, -0.1) is 0 Å². The molecule has 0 aliphatic heterocycles. The predicted molar refractivity (Wildman–Crippen MR) is 104 cm³/mol. The number of carbonyl (C=O) groups excluding carboxylic acids is 1. The fourth-order valence-electron chi connectivity index (χ4n) is 3.04. The number of nitrogens with zero attached hydrogens (tertiary/aromatic N) is 2. The van der Waals surface area contributed by atoms with Gasteiger partial charge in [-0.25, -0.2) is 4.99 Å². The molecule has 1 aromatic carbocycles. The van der Waals surface area contributed by atoms with Crippen LogP contribution in [0.15, 0.2) is 29.3 Å². The van der Waals surface area contributed by atoms with E-state index in [1.165, 1.54) is 24.0 Å². The number of aryl methyl sites for hydroxylation is 1. The van der Waals surface area contributed by atoms with Crippen LogP contribution in [-0.2, 0) is 17.6 Å². The average molecular weight is 345 g/mol. The Morgan fingerprint density at radius 3 is 2.72 bits per heavy atom. The first-order valence-electron chi connectivity index (χ1n) is 9.42. The molecule has 0 heterocycles. The largest absolute Gasteiger partial charge is 0.356 e. The Labute approximate surface area is 151 Å². The van der Waals surface area contributed by atoms with Gasteiger partial charge in [0.05, 0.1) is 0 Å². The number of guanidine groups is 1. The van der Waals surface area contributed by atoms with Crippen LogP contribution < -0.4 is 10.6 Å². The van der Waals surface area contributed by atoms with Crippen molar-refractivity contribution in [3.63, 3.8) is 0 Å². The van der Waals surface area contributed by atoms with E-state index < -0.39 is 0 Å². The summed E-state index contributed by atoms with van der Waals surface area (Å²) in [5.41, 5.74) is 2.87. The third kappa shape index (κ3) is 6.40. The van der Waals surface area contributed by atoms with Crippen LogP contribution in [0.1, 0.15) is 43.7 Å². The van der Waals surface area contributed by atoms with Gasteiger partial charge in [0.15, 0.2) is 5.96 Å². The fraction of sp³-hybridized carbons (Fsp3) is 0.600. The van der Waals surface area contributed by atoms with E-state index in [9.17, 15) is 4.79 Å². The summed E-state index contributed by atoms with van der Waals surface area (Å²) in [6.45, 7) is 3.26. The number of likely N-dealkylation sites (N-methyl/N-ethyl adjacent to an activating group) is 1. The zero-order valence-corrected chi connectivity index (χ0v) is 15.8. The maximum atomic E-state index is 11.8. The number of hydrogen-bond donors (Lipinski definition) is 2. The fourth-order valence-corrected chi connectivity index (χ4v) is 3.04. The summed E-state index contributed by atoms with van der Waals surface area (Å²) in [4.78, 5) is 17.9. The van der Waals surface area contributed by atoms with Crippen LogP contribution in [0.2, 0.25) is 0 Å². The van der Waals surface area contributed by atoms with Crippen molar-refractivity contribution in [2.24, 2.45) is 4.99 Å². The van der Waals surface area contributed by atoms with E-state index in [4.69, 9.17) is 0 Å². The molecule has 1 aliphatic carbocycles. The maximum absolute atomic E-state index is 11.8. The summed E-state index contributed by atoms with van der Waals surface area (Å²) < 4.78 is 0. The van der Waals surface area contributed by atoms with Gasteiger partial charge in [-0.3, -0.25) is 4.79 Å². The Kier molecular flexibility index (Phi) is 7.76. The molecule has 0 fully saturated rings. The van der Waals surface area contributed by atoms with Crippen molar-refractivity contribution in [1.82, 2.24) is 15.5 Å². The van der Waals surface area contributed by atoms with Crippen LogP contribution in [0, 0.1) is 0 Å². The summed E-state index contributed by atoms with van der Waals surface area (Å²) >= 11 is 0. The van der Waals surface area contributed by atoms with E-state index >= 15 is 0 Å². The second-order valence-corrected chi connectivity index (χ2v) is 6.94. The smallest absolute Gasteiger partial charge is 0.243 e. The molecule has 1 atom stereocenters. The van der Waals surface area contributed by atoms with Crippen molar-refractivity contribution in [3.8, 4) is 0 Å². The first kappa shape index (κ1) is 19.3. The van der Waals surface area contributed by atoms with Gasteiger partial charge in [0.1, 0.15) is 6.54 Å². The first-order valence-corrected chi connectivity index (χ1v) is 9.42. The van der Waals surface area contributed by atoms with Crippen molar-refractivity contribution < 1.29 is 4.79 Å². The summed E-state index contributed by atoms with van der Waals surface area (Å²) in [5, 5.41) is 6.92. The normalized spacial score (nSPS) is 16.9. The van der Waals surface area contributed by atoms with Crippen molar-refractivity contribution in [2.45, 2.75) is 51.5 Å².